The van der Waals surface area contributed by atoms with Gasteiger partial charge in [-0.3, -0.25) is 0 Å². The maximum Gasteiger partial charge on any atom is 0.150 e. The lowest BCUT2D eigenvalue weighted by molar-refractivity contribution is 0.485. The van der Waals surface area contributed by atoms with Crippen LogP contribution >= 0.6 is 11.6 Å². The molecule has 2 atom stereocenters. The molecule has 2 nitrogen and oxygen atoms in total. The minimum atomic E-state index is -3.19. The van der Waals surface area contributed by atoms with E-state index in [1.54, 1.807) is 0 Å². The lowest BCUT2D eigenvalue weighted by Crippen LogP contribution is -2.13. The summed E-state index contributed by atoms with van der Waals surface area (Å²) in [5.41, 5.74) is -0.458. The van der Waals surface area contributed by atoms with Gasteiger partial charge in [0.05, 0.1) is 16.9 Å². The fourth-order valence-corrected chi connectivity index (χ4v) is 4.48. The summed E-state index contributed by atoms with van der Waals surface area (Å²) in [5.74, 6) is -3.99. The van der Waals surface area contributed by atoms with Gasteiger partial charge in [0.25, 0.3) is 0 Å². The molecule has 7 heteroatoms. The summed E-state index contributed by atoms with van der Waals surface area (Å²) in [6, 6.07) is 1.08. The van der Waals surface area contributed by atoms with E-state index in [-0.39, 0.29) is 17.9 Å². The van der Waals surface area contributed by atoms with Gasteiger partial charge < -0.3 is 0 Å². The first-order chi connectivity index (χ1) is 8.30. The molecule has 0 aromatic heterocycles. The molecule has 1 fully saturated rings. The zero-order valence-electron chi connectivity index (χ0n) is 9.17. The molecule has 1 aliphatic rings. The van der Waals surface area contributed by atoms with E-state index in [0.29, 0.717) is 12.1 Å². The van der Waals surface area contributed by atoms with E-state index < -0.39 is 44.1 Å². The van der Waals surface area contributed by atoms with Crippen molar-refractivity contribution in [3.05, 3.63) is 35.1 Å². The van der Waals surface area contributed by atoms with E-state index in [1.807, 2.05) is 0 Å². The Balaban J connectivity index is 2.33. The summed E-state index contributed by atoms with van der Waals surface area (Å²) >= 11 is 5.94. The summed E-state index contributed by atoms with van der Waals surface area (Å²) in [4.78, 5) is 0. The van der Waals surface area contributed by atoms with Crippen molar-refractivity contribution in [3.8, 4) is 0 Å². The number of alkyl halides is 1. The molecule has 2 unspecified atom stereocenters. The third-order valence-electron chi connectivity index (χ3n) is 3.00. The van der Waals surface area contributed by atoms with Crippen LogP contribution < -0.4 is 0 Å². The van der Waals surface area contributed by atoms with E-state index in [9.17, 15) is 21.6 Å². The molecule has 0 spiro atoms. The molecule has 0 N–H and O–H groups in total. The molecule has 18 heavy (non-hydrogen) atoms. The van der Waals surface area contributed by atoms with Gasteiger partial charge in [0.15, 0.2) is 9.84 Å². The Hall–Kier alpha value is -0.750. The van der Waals surface area contributed by atoms with Crippen LogP contribution in [0.5, 0.6) is 0 Å². The molecule has 1 aromatic rings. The normalized spacial score (nSPS) is 24.1. The molecule has 0 aliphatic carbocycles. The van der Waals surface area contributed by atoms with Crippen LogP contribution in [0.1, 0.15) is 17.4 Å². The van der Waals surface area contributed by atoms with Crippen LogP contribution in [0.15, 0.2) is 12.1 Å². The Bertz CT molecular complexity index is 551. The van der Waals surface area contributed by atoms with Crippen LogP contribution in [0.3, 0.4) is 0 Å². The maximum atomic E-state index is 13.5. The number of hydrogen-bond acceptors (Lipinski definition) is 2. The highest BCUT2D eigenvalue weighted by Crippen LogP contribution is 2.38. The molecule has 0 amide bonds. The third kappa shape index (κ3) is 2.64. The SMILES string of the molecule is O=S1(=O)CCC(C(Cl)c2c(F)cc(F)cc2F)C1. The second kappa shape index (κ2) is 4.74. The van der Waals surface area contributed by atoms with Crippen molar-refractivity contribution in [3.63, 3.8) is 0 Å². The average molecular weight is 299 g/mol. The van der Waals surface area contributed by atoms with Crippen molar-refractivity contribution in [1.29, 1.82) is 0 Å². The highest BCUT2D eigenvalue weighted by Gasteiger charge is 2.36. The average Bonchev–Trinajstić information content (AvgIpc) is 2.57. The molecule has 1 aromatic carbocycles. The summed E-state index contributed by atoms with van der Waals surface area (Å²) in [5, 5.41) is -1.11. The molecular formula is C11H10ClF3O2S. The largest absolute Gasteiger partial charge is 0.229 e. The molecule has 0 saturated carbocycles. The summed E-state index contributed by atoms with van der Waals surface area (Å²) in [6.45, 7) is 0. The van der Waals surface area contributed by atoms with Gasteiger partial charge in [-0.1, -0.05) is 0 Å². The molecule has 2 rings (SSSR count). The van der Waals surface area contributed by atoms with Crippen molar-refractivity contribution in [2.75, 3.05) is 11.5 Å². The number of sulfone groups is 1. The van der Waals surface area contributed by atoms with E-state index >= 15 is 0 Å². The van der Waals surface area contributed by atoms with Gasteiger partial charge in [-0.15, -0.1) is 11.6 Å². The van der Waals surface area contributed by atoms with Gasteiger partial charge in [-0.25, -0.2) is 21.6 Å². The standard InChI is InChI=1S/C11H10ClF3O2S/c12-11(6-1-2-18(16,17)5-6)10-8(14)3-7(13)4-9(10)15/h3-4,6,11H,1-2,5H2. The summed E-state index contributed by atoms with van der Waals surface area (Å²) in [7, 11) is -3.19. The van der Waals surface area contributed by atoms with E-state index in [1.165, 1.54) is 0 Å². The Kier molecular flexibility index (Phi) is 3.60. The van der Waals surface area contributed by atoms with E-state index in [4.69, 9.17) is 11.6 Å². The van der Waals surface area contributed by atoms with Gasteiger partial charge in [0.2, 0.25) is 0 Å². The van der Waals surface area contributed by atoms with Crippen molar-refractivity contribution in [1.82, 2.24) is 0 Å². The van der Waals surface area contributed by atoms with Gasteiger partial charge in [-0.2, -0.15) is 0 Å². The second-order valence-corrected chi connectivity index (χ2v) is 7.05. The number of benzene rings is 1. The van der Waals surface area contributed by atoms with Crippen molar-refractivity contribution < 1.29 is 21.6 Å². The zero-order chi connectivity index (χ0) is 13.5. The predicted molar refractivity (Wildman–Crippen MR) is 61.7 cm³/mol. The van der Waals surface area contributed by atoms with Crippen LogP contribution in [0.2, 0.25) is 0 Å². The second-order valence-electron chi connectivity index (χ2n) is 4.35. The molecule has 1 heterocycles. The Morgan fingerprint density at radius 1 is 1.22 bits per heavy atom. The van der Waals surface area contributed by atoms with E-state index in [2.05, 4.69) is 0 Å². The molecule has 0 radical (unpaired) electrons. The molecule has 1 saturated heterocycles. The quantitative estimate of drug-likeness (QED) is 0.787. The fraction of sp³-hybridized carbons (Fsp3) is 0.455. The third-order valence-corrected chi connectivity index (χ3v) is 5.37. The Morgan fingerprint density at radius 2 is 1.78 bits per heavy atom. The number of hydrogen-bond donors (Lipinski definition) is 0. The lowest BCUT2D eigenvalue weighted by atomic mass is 9.97. The van der Waals surface area contributed by atoms with Crippen molar-refractivity contribution in [2.45, 2.75) is 11.8 Å². The summed E-state index contributed by atoms with van der Waals surface area (Å²) < 4.78 is 62.3. The zero-order valence-corrected chi connectivity index (χ0v) is 10.7. The van der Waals surface area contributed by atoms with Crippen LogP contribution in [-0.2, 0) is 9.84 Å². The van der Waals surface area contributed by atoms with Crippen LogP contribution in [-0.4, -0.2) is 19.9 Å². The van der Waals surface area contributed by atoms with Crippen LogP contribution in [0, 0.1) is 23.4 Å². The van der Waals surface area contributed by atoms with Crippen molar-refractivity contribution in [2.24, 2.45) is 5.92 Å². The van der Waals surface area contributed by atoms with Crippen LogP contribution in [0.4, 0.5) is 13.2 Å². The van der Waals surface area contributed by atoms with Gasteiger partial charge in [-0.05, 0) is 12.3 Å². The number of halogens is 4. The minimum absolute atomic E-state index is 0.0364. The monoisotopic (exact) mass is 298 g/mol. The molecule has 100 valence electrons. The predicted octanol–water partition coefficient (Wildman–Crippen LogP) is 2.82. The first-order valence-corrected chi connectivity index (χ1v) is 7.55. The van der Waals surface area contributed by atoms with Crippen LogP contribution in [0.25, 0.3) is 0 Å². The smallest absolute Gasteiger partial charge is 0.150 e. The topological polar surface area (TPSA) is 34.1 Å². The molecule has 1 aliphatic heterocycles. The Labute approximate surface area is 108 Å². The molecule has 0 bridgehead atoms. The highest BCUT2D eigenvalue weighted by atomic mass is 35.5. The van der Waals surface area contributed by atoms with Gasteiger partial charge >= 0.3 is 0 Å². The molecular weight excluding hydrogens is 289 g/mol. The lowest BCUT2D eigenvalue weighted by Gasteiger charge is -2.17. The highest BCUT2D eigenvalue weighted by molar-refractivity contribution is 7.91. The number of rotatable bonds is 2. The fourth-order valence-electron chi connectivity index (χ4n) is 2.11. The van der Waals surface area contributed by atoms with E-state index in [0.717, 1.165) is 0 Å². The van der Waals surface area contributed by atoms with Gasteiger partial charge in [0.1, 0.15) is 17.5 Å². The maximum absolute atomic E-state index is 13.5. The summed E-state index contributed by atoms with van der Waals surface area (Å²) in [6.07, 6.45) is 0.257. The first-order valence-electron chi connectivity index (χ1n) is 5.29. The van der Waals surface area contributed by atoms with Gasteiger partial charge in [0, 0.05) is 17.7 Å². The van der Waals surface area contributed by atoms with Crippen molar-refractivity contribution >= 4 is 21.4 Å². The Morgan fingerprint density at radius 3 is 2.22 bits per heavy atom. The minimum Gasteiger partial charge on any atom is -0.229 e. The first kappa shape index (κ1) is 13.7.